The summed E-state index contributed by atoms with van der Waals surface area (Å²) < 4.78 is 0. The zero-order valence-corrected chi connectivity index (χ0v) is 22.8. The van der Waals surface area contributed by atoms with Crippen molar-refractivity contribution in [2.75, 3.05) is 0 Å². The van der Waals surface area contributed by atoms with E-state index in [9.17, 15) is 39.6 Å². The number of phenolic OH excluding ortho intramolecular Hbond substituents is 1. The Hall–Kier alpha value is -3.26. The minimum Gasteiger partial charge on any atom is -0.508 e. The zero-order chi connectivity index (χ0) is 28.5. The van der Waals surface area contributed by atoms with Crippen molar-refractivity contribution in [3.05, 3.63) is 45.2 Å². The van der Waals surface area contributed by atoms with E-state index in [1.54, 1.807) is 0 Å². The molecule has 8 heteroatoms. The van der Waals surface area contributed by atoms with Gasteiger partial charge in [0.25, 0.3) is 0 Å². The van der Waals surface area contributed by atoms with Gasteiger partial charge < -0.3 is 20.4 Å². The van der Waals surface area contributed by atoms with Crippen LogP contribution in [-0.4, -0.2) is 49.2 Å². The molecule has 0 bridgehead atoms. The number of fused-ring (bicyclic) bond motifs is 3. The van der Waals surface area contributed by atoms with Crippen molar-refractivity contribution in [1.29, 1.82) is 0 Å². The van der Waals surface area contributed by atoms with Crippen LogP contribution in [0, 0.1) is 17.3 Å². The molecule has 0 aromatic heterocycles. The zero-order valence-electron chi connectivity index (χ0n) is 22.8. The third-order valence-corrected chi connectivity index (χ3v) is 8.36. The number of aromatic hydroxyl groups is 1. The molecule has 1 fully saturated rings. The molecule has 0 amide bonds. The van der Waals surface area contributed by atoms with Crippen molar-refractivity contribution in [3.8, 4) is 5.75 Å². The Balaban J connectivity index is 1.88. The Morgan fingerprint density at radius 3 is 2.29 bits per heavy atom. The topological polar surface area (TPSA) is 149 Å². The first-order valence-electron chi connectivity index (χ1n) is 13.1. The van der Waals surface area contributed by atoms with Gasteiger partial charge in [0.2, 0.25) is 5.78 Å². The van der Waals surface area contributed by atoms with E-state index < -0.39 is 57.3 Å². The van der Waals surface area contributed by atoms with Crippen molar-refractivity contribution in [3.63, 3.8) is 0 Å². The molecular formula is C30H36O8. The number of ketones is 4. The maximum Gasteiger partial charge on any atom is 0.202 e. The van der Waals surface area contributed by atoms with Crippen LogP contribution in [0.15, 0.2) is 23.0 Å². The summed E-state index contributed by atoms with van der Waals surface area (Å²) in [5.41, 5.74) is -1.66. The van der Waals surface area contributed by atoms with Crippen LogP contribution in [0.5, 0.6) is 5.75 Å². The number of benzene rings is 1. The van der Waals surface area contributed by atoms with Crippen LogP contribution in [0.25, 0.3) is 5.76 Å². The largest absolute Gasteiger partial charge is 0.508 e. The fraction of sp³-hybridized carbons (Fsp3) is 0.533. The predicted octanol–water partition coefficient (Wildman–Crippen LogP) is 4.20. The van der Waals surface area contributed by atoms with Gasteiger partial charge in [-0.25, -0.2) is 0 Å². The molecule has 3 aliphatic carbocycles. The van der Waals surface area contributed by atoms with Crippen molar-refractivity contribution in [1.82, 2.24) is 0 Å². The van der Waals surface area contributed by atoms with Gasteiger partial charge in [-0.15, -0.1) is 0 Å². The Morgan fingerprint density at radius 1 is 1.11 bits per heavy atom. The summed E-state index contributed by atoms with van der Waals surface area (Å²) >= 11 is 0. The van der Waals surface area contributed by atoms with Crippen LogP contribution in [0.1, 0.15) is 89.0 Å². The fourth-order valence-electron chi connectivity index (χ4n) is 6.21. The minimum atomic E-state index is -2.51. The van der Waals surface area contributed by atoms with Gasteiger partial charge in [-0.1, -0.05) is 40.7 Å². The summed E-state index contributed by atoms with van der Waals surface area (Å²) in [7, 11) is 0. The lowest BCUT2D eigenvalue weighted by atomic mass is 9.58. The van der Waals surface area contributed by atoms with Crippen LogP contribution in [-0.2, 0) is 32.0 Å². The van der Waals surface area contributed by atoms with Crippen LogP contribution in [0.3, 0.4) is 0 Å². The summed E-state index contributed by atoms with van der Waals surface area (Å²) in [6, 6.07) is 1.85. The highest BCUT2D eigenvalue weighted by Gasteiger charge is 2.60. The van der Waals surface area contributed by atoms with E-state index in [0.717, 1.165) is 12.5 Å². The quantitative estimate of drug-likeness (QED) is 0.419. The number of phenols is 1. The summed E-state index contributed by atoms with van der Waals surface area (Å²) in [6.45, 7) is 10.5. The molecule has 0 spiro atoms. The number of carbonyl (C=O) groups excluding carboxylic acids is 4. The second kappa shape index (κ2) is 9.19. The second-order valence-corrected chi connectivity index (χ2v) is 12.3. The monoisotopic (exact) mass is 524 g/mol. The lowest BCUT2D eigenvalue weighted by Gasteiger charge is -2.46. The molecule has 1 aromatic rings. The molecule has 0 heterocycles. The molecule has 38 heavy (non-hydrogen) atoms. The van der Waals surface area contributed by atoms with Crippen molar-refractivity contribution >= 4 is 28.9 Å². The van der Waals surface area contributed by atoms with Gasteiger partial charge in [-0.2, -0.15) is 0 Å². The average molecular weight is 525 g/mol. The Kier molecular flexibility index (Phi) is 6.71. The first kappa shape index (κ1) is 27.8. The minimum absolute atomic E-state index is 0.00773. The number of aryl methyl sites for hydroxylation is 1. The number of allylic oxidation sites excluding steroid dienone is 1. The molecule has 0 aliphatic heterocycles. The number of aliphatic hydroxyl groups excluding tert-OH is 2. The third kappa shape index (κ3) is 4.10. The number of hydrogen-bond donors (Lipinski definition) is 4. The molecule has 3 aliphatic rings. The van der Waals surface area contributed by atoms with Gasteiger partial charge >= 0.3 is 0 Å². The van der Waals surface area contributed by atoms with E-state index in [2.05, 4.69) is 0 Å². The van der Waals surface area contributed by atoms with E-state index in [4.69, 9.17) is 0 Å². The lowest BCUT2D eigenvalue weighted by molar-refractivity contribution is -0.147. The van der Waals surface area contributed by atoms with Crippen LogP contribution in [0.2, 0.25) is 0 Å². The molecule has 1 aromatic carbocycles. The molecule has 8 nitrogen and oxygen atoms in total. The van der Waals surface area contributed by atoms with Crippen molar-refractivity contribution in [2.24, 2.45) is 17.3 Å². The highest BCUT2D eigenvalue weighted by Crippen LogP contribution is 2.53. The first-order valence-corrected chi connectivity index (χ1v) is 13.1. The lowest BCUT2D eigenvalue weighted by Crippen LogP contribution is -2.57. The number of Topliss-reactive ketones (excluding diaryl/α,β-unsaturated/α-hetero) is 4. The van der Waals surface area contributed by atoms with Gasteiger partial charge in [0, 0.05) is 29.7 Å². The Bertz CT molecular complexity index is 1340. The first-order chi connectivity index (χ1) is 17.5. The second-order valence-electron chi connectivity index (χ2n) is 12.3. The maximum absolute atomic E-state index is 13.8. The molecule has 0 radical (unpaired) electrons. The van der Waals surface area contributed by atoms with Gasteiger partial charge in [0.15, 0.2) is 17.2 Å². The fourth-order valence-corrected chi connectivity index (χ4v) is 6.21. The van der Waals surface area contributed by atoms with E-state index >= 15 is 0 Å². The average Bonchev–Trinajstić information content (AvgIpc) is 2.79. The van der Waals surface area contributed by atoms with Gasteiger partial charge in [0.05, 0.1) is 5.56 Å². The van der Waals surface area contributed by atoms with Gasteiger partial charge in [0.1, 0.15) is 28.6 Å². The van der Waals surface area contributed by atoms with Gasteiger partial charge in [-0.05, 0) is 54.7 Å². The third-order valence-electron chi connectivity index (χ3n) is 8.36. The summed E-state index contributed by atoms with van der Waals surface area (Å²) in [4.78, 5) is 50.9. The summed E-state index contributed by atoms with van der Waals surface area (Å²) in [5, 5.41) is 45.0. The SMILES string of the molecule is CC(=O)C1=C(O)[C@@]2(O)C(=O)C3=C(O)c4c(O)c(CCC(=O)C(C)(C)C)cc(C(C)C)c4C[C@H]3C[C@H]2CC1=O. The maximum atomic E-state index is 13.8. The predicted molar refractivity (Wildman–Crippen MR) is 140 cm³/mol. The number of carbonyl (C=O) groups is 4. The highest BCUT2D eigenvalue weighted by atomic mass is 16.3. The summed E-state index contributed by atoms with van der Waals surface area (Å²) in [5.74, 6) is -5.49. The number of aliphatic hydroxyl groups is 3. The molecule has 4 N–H and O–H groups in total. The summed E-state index contributed by atoms with van der Waals surface area (Å²) in [6.07, 6.45) is 0.570. The van der Waals surface area contributed by atoms with E-state index in [0.29, 0.717) is 11.1 Å². The normalized spacial score (nSPS) is 25.4. The molecule has 4 rings (SSSR count). The number of rotatable bonds is 5. The van der Waals surface area contributed by atoms with Crippen molar-refractivity contribution < 1.29 is 39.6 Å². The van der Waals surface area contributed by atoms with E-state index in [-0.39, 0.29) is 60.7 Å². The highest BCUT2D eigenvalue weighted by molar-refractivity contribution is 6.23. The molecular weight excluding hydrogens is 488 g/mol. The van der Waals surface area contributed by atoms with Crippen molar-refractivity contribution in [2.45, 2.75) is 85.2 Å². The molecule has 204 valence electrons. The van der Waals surface area contributed by atoms with Crippen LogP contribution in [0.4, 0.5) is 0 Å². The molecule has 1 saturated carbocycles. The van der Waals surface area contributed by atoms with Crippen LogP contribution < -0.4 is 0 Å². The standard InChI is InChI=1S/C30H36O8/c1-13(2)18-10-15(7-8-21(33)29(4,5)6)25(34)24-19(18)11-16-9-17-12-20(32)22(14(3)31)27(36)30(17,38)28(37)23(16)26(24)35/h10,13,16-17,34-36,38H,7-9,11-12H2,1-6H3/t16-,17+,30-/m1/s1. The molecule has 0 saturated heterocycles. The van der Waals surface area contributed by atoms with Crippen LogP contribution >= 0.6 is 0 Å². The Labute approximate surface area is 222 Å². The molecule has 3 atom stereocenters. The van der Waals surface area contributed by atoms with E-state index in [1.165, 1.54) is 0 Å². The number of hydrogen-bond acceptors (Lipinski definition) is 8. The Morgan fingerprint density at radius 2 is 1.74 bits per heavy atom. The smallest absolute Gasteiger partial charge is 0.202 e. The van der Waals surface area contributed by atoms with E-state index in [1.807, 2.05) is 40.7 Å². The molecule has 0 unspecified atom stereocenters. The van der Waals surface area contributed by atoms with Gasteiger partial charge in [-0.3, -0.25) is 19.2 Å².